The lowest BCUT2D eigenvalue weighted by molar-refractivity contribution is -0.0632. The van der Waals surface area contributed by atoms with E-state index in [1.54, 1.807) is 57.4 Å². The molecule has 36 heavy (non-hydrogen) atoms. The molecule has 0 saturated heterocycles. The number of pyridine rings is 1. The minimum absolute atomic E-state index is 0.0686. The van der Waals surface area contributed by atoms with Crippen molar-refractivity contribution < 1.29 is 27.8 Å². The number of aliphatic hydroxyl groups is 1. The Morgan fingerprint density at radius 3 is 2.42 bits per heavy atom. The molecule has 0 fully saturated rings. The molecule has 0 bridgehead atoms. The standard InChI is InChI=1S/C26H29N3O6S/c1-5-16-6-12-20(13-7-16)36(32,33)29-22-21-14-17(15-27-25(21)35-26(2,3)23(22)30)24(31)28-18-8-10-19(34-4)11-9-18/h6-15,22-23,29-30H,5H2,1-4H3,(H,28,31)/t22-,23+/m1/s1. The van der Waals surface area contributed by atoms with Crippen molar-refractivity contribution in [3.8, 4) is 11.6 Å². The Labute approximate surface area is 210 Å². The number of hydrogen-bond acceptors (Lipinski definition) is 7. The van der Waals surface area contributed by atoms with Crippen LogP contribution in [0.15, 0.2) is 65.7 Å². The molecule has 3 aromatic rings. The van der Waals surface area contributed by atoms with E-state index in [0.717, 1.165) is 12.0 Å². The third-order valence-electron chi connectivity index (χ3n) is 6.14. The highest BCUT2D eigenvalue weighted by Crippen LogP contribution is 2.39. The summed E-state index contributed by atoms with van der Waals surface area (Å²) in [4.78, 5) is 17.2. The number of rotatable bonds is 7. The number of aliphatic hydroxyl groups excluding tert-OH is 1. The Balaban J connectivity index is 1.65. The third-order valence-corrected chi connectivity index (χ3v) is 7.59. The van der Waals surface area contributed by atoms with E-state index in [9.17, 15) is 18.3 Å². The summed E-state index contributed by atoms with van der Waals surface area (Å²) >= 11 is 0. The lowest BCUT2D eigenvalue weighted by Crippen LogP contribution is -2.53. The fourth-order valence-corrected chi connectivity index (χ4v) is 5.15. The van der Waals surface area contributed by atoms with Crippen molar-refractivity contribution in [1.82, 2.24) is 9.71 Å². The highest BCUT2D eigenvalue weighted by Gasteiger charge is 2.45. The van der Waals surface area contributed by atoms with Gasteiger partial charge in [-0.25, -0.2) is 18.1 Å². The summed E-state index contributed by atoms with van der Waals surface area (Å²) in [6.07, 6.45) is 0.873. The van der Waals surface area contributed by atoms with Gasteiger partial charge in [0.05, 0.1) is 23.6 Å². The van der Waals surface area contributed by atoms with Gasteiger partial charge in [0.2, 0.25) is 15.9 Å². The monoisotopic (exact) mass is 511 g/mol. The number of carbonyl (C=O) groups is 1. The van der Waals surface area contributed by atoms with Gasteiger partial charge in [-0.1, -0.05) is 19.1 Å². The van der Waals surface area contributed by atoms with Gasteiger partial charge in [-0.15, -0.1) is 0 Å². The number of hydrogen-bond donors (Lipinski definition) is 3. The van der Waals surface area contributed by atoms with E-state index >= 15 is 0 Å². The van der Waals surface area contributed by atoms with Gasteiger partial charge < -0.3 is 19.9 Å². The zero-order valence-corrected chi connectivity index (χ0v) is 21.3. The molecule has 2 heterocycles. The van der Waals surface area contributed by atoms with Crippen LogP contribution >= 0.6 is 0 Å². The molecule has 1 aliphatic rings. The molecule has 0 radical (unpaired) electrons. The molecule has 1 amide bonds. The second-order valence-corrected chi connectivity index (χ2v) is 10.8. The molecular weight excluding hydrogens is 482 g/mol. The van der Waals surface area contributed by atoms with Crippen LogP contribution in [0.2, 0.25) is 0 Å². The van der Waals surface area contributed by atoms with Gasteiger partial charge in [-0.2, -0.15) is 0 Å². The largest absolute Gasteiger partial charge is 0.497 e. The van der Waals surface area contributed by atoms with Crippen LogP contribution in [0.25, 0.3) is 0 Å². The van der Waals surface area contributed by atoms with E-state index in [1.165, 1.54) is 24.4 Å². The van der Waals surface area contributed by atoms with Crippen LogP contribution in [0.1, 0.15) is 48.3 Å². The first kappa shape index (κ1) is 25.6. The number of aromatic nitrogens is 1. The van der Waals surface area contributed by atoms with Gasteiger partial charge in [-0.3, -0.25) is 4.79 Å². The fraction of sp³-hybridized carbons (Fsp3) is 0.308. The lowest BCUT2D eigenvalue weighted by Gasteiger charge is -2.41. The van der Waals surface area contributed by atoms with Gasteiger partial charge in [0.25, 0.3) is 5.91 Å². The highest BCUT2D eigenvalue weighted by molar-refractivity contribution is 7.89. The Morgan fingerprint density at radius 2 is 1.81 bits per heavy atom. The summed E-state index contributed by atoms with van der Waals surface area (Å²) in [5.74, 6) is 0.337. The molecule has 4 rings (SSSR count). The zero-order chi connectivity index (χ0) is 26.1. The van der Waals surface area contributed by atoms with Crippen LogP contribution in [0.5, 0.6) is 11.6 Å². The molecule has 2 atom stereocenters. The van der Waals surface area contributed by atoms with Crippen molar-refractivity contribution >= 4 is 21.6 Å². The Hall–Kier alpha value is -3.47. The number of carbonyl (C=O) groups excluding carboxylic acids is 1. The summed E-state index contributed by atoms with van der Waals surface area (Å²) < 4.78 is 40.0. The molecular formula is C26H29N3O6S. The molecule has 1 aromatic heterocycles. The number of nitrogens with one attached hydrogen (secondary N) is 2. The molecule has 0 aliphatic carbocycles. The number of sulfonamides is 1. The first-order chi connectivity index (χ1) is 17.0. The van der Waals surface area contributed by atoms with Gasteiger partial charge >= 0.3 is 0 Å². The number of benzene rings is 2. The van der Waals surface area contributed by atoms with Crippen molar-refractivity contribution in [3.05, 3.63) is 77.5 Å². The van der Waals surface area contributed by atoms with Crippen molar-refractivity contribution in [2.45, 2.75) is 49.8 Å². The van der Waals surface area contributed by atoms with E-state index in [2.05, 4.69) is 15.0 Å². The van der Waals surface area contributed by atoms with Crippen LogP contribution < -0.4 is 19.5 Å². The smallest absolute Gasteiger partial charge is 0.257 e. The van der Waals surface area contributed by atoms with Crippen molar-refractivity contribution in [2.24, 2.45) is 0 Å². The first-order valence-corrected chi connectivity index (χ1v) is 13.0. The maximum Gasteiger partial charge on any atom is 0.257 e. The van der Waals surface area contributed by atoms with Gasteiger partial charge in [0.1, 0.15) is 17.5 Å². The Bertz CT molecular complexity index is 1360. The van der Waals surface area contributed by atoms with Crippen molar-refractivity contribution in [3.63, 3.8) is 0 Å². The van der Waals surface area contributed by atoms with Crippen LogP contribution in [0, 0.1) is 0 Å². The number of nitrogens with zero attached hydrogens (tertiary/aromatic N) is 1. The molecule has 10 heteroatoms. The average Bonchev–Trinajstić information content (AvgIpc) is 2.87. The zero-order valence-electron chi connectivity index (χ0n) is 20.5. The predicted octanol–water partition coefficient (Wildman–Crippen LogP) is 3.46. The van der Waals surface area contributed by atoms with Crippen LogP contribution in [0.4, 0.5) is 5.69 Å². The van der Waals surface area contributed by atoms with Crippen molar-refractivity contribution in [1.29, 1.82) is 0 Å². The van der Waals surface area contributed by atoms with Crippen LogP contribution in [-0.2, 0) is 16.4 Å². The maximum atomic E-state index is 13.2. The molecule has 3 N–H and O–H groups in total. The number of methoxy groups -OCH3 is 1. The van der Waals surface area contributed by atoms with E-state index < -0.39 is 33.7 Å². The molecule has 1 aliphatic heterocycles. The molecule has 190 valence electrons. The summed E-state index contributed by atoms with van der Waals surface area (Å²) in [5, 5.41) is 13.8. The van der Waals surface area contributed by atoms with Gasteiger partial charge in [-0.05, 0) is 68.3 Å². The van der Waals surface area contributed by atoms with E-state index in [1.807, 2.05) is 6.92 Å². The minimum atomic E-state index is -4.00. The highest BCUT2D eigenvalue weighted by atomic mass is 32.2. The minimum Gasteiger partial charge on any atom is -0.497 e. The first-order valence-electron chi connectivity index (χ1n) is 11.5. The summed E-state index contributed by atoms with van der Waals surface area (Å²) in [7, 11) is -2.45. The summed E-state index contributed by atoms with van der Waals surface area (Å²) in [5.41, 5.74) is 0.855. The Morgan fingerprint density at radius 1 is 1.14 bits per heavy atom. The maximum absolute atomic E-state index is 13.2. The van der Waals surface area contributed by atoms with E-state index in [-0.39, 0.29) is 21.9 Å². The fourth-order valence-electron chi connectivity index (χ4n) is 3.93. The van der Waals surface area contributed by atoms with E-state index in [0.29, 0.717) is 11.4 Å². The van der Waals surface area contributed by atoms with Crippen LogP contribution in [0.3, 0.4) is 0 Å². The average molecular weight is 512 g/mol. The predicted molar refractivity (Wildman–Crippen MR) is 135 cm³/mol. The number of anilines is 1. The number of fused-ring (bicyclic) bond motifs is 1. The molecule has 2 aromatic carbocycles. The quantitative estimate of drug-likeness (QED) is 0.443. The Kier molecular flexibility index (Phi) is 7.03. The molecule has 0 saturated carbocycles. The molecule has 0 spiro atoms. The summed E-state index contributed by atoms with van der Waals surface area (Å²) in [6, 6.07) is 13.7. The molecule has 0 unspecified atom stereocenters. The number of aryl methyl sites for hydroxylation is 1. The van der Waals surface area contributed by atoms with Gasteiger partial charge in [0.15, 0.2) is 0 Å². The second-order valence-electron chi connectivity index (χ2n) is 9.05. The normalized spacial score (nSPS) is 18.6. The third kappa shape index (κ3) is 5.20. The SMILES string of the molecule is CCc1ccc(S(=O)(=O)N[C@@H]2c3cc(C(=O)Nc4ccc(OC)cc4)cnc3OC(C)(C)[C@H]2O)cc1. The lowest BCUT2D eigenvalue weighted by atomic mass is 9.88. The van der Waals surface area contributed by atoms with Crippen molar-refractivity contribution in [2.75, 3.05) is 12.4 Å². The summed E-state index contributed by atoms with van der Waals surface area (Å²) in [6.45, 7) is 5.27. The number of ether oxygens (including phenoxy) is 2. The molecule has 9 nitrogen and oxygen atoms in total. The topological polar surface area (TPSA) is 127 Å². The van der Waals surface area contributed by atoms with Gasteiger partial charge in [0, 0.05) is 17.4 Å². The second kappa shape index (κ2) is 9.88. The van der Waals surface area contributed by atoms with E-state index in [4.69, 9.17) is 9.47 Å². The number of amides is 1. The van der Waals surface area contributed by atoms with Crippen LogP contribution in [-0.4, -0.2) is 43.2 Å².